The van der Waals surface area contributed by atoms with E-state index < -0.39 is 0 Å². The van der Waals surface area contributed by atoms with Gasteiger partial charge in [-0.1, -0.05) is 6.07 Å². The standard InChI is InChI=1S/C18H21N5O/c24-18(17-9-19-7-8-21-17)23-11-14-4-5-16(23)13-22(10-14)12-15-3-1-2-6-20-15/h1-3,6-9,14,16H,4-5,10-13H2/t14-,16+/m0/s1. The van der Waals surface area contributed by atoms with E-state index in [-0.39, 0.29) is 11.9 Å². The molecule has 2 bridgehead atoms. The molecule has 2 aromatic heterocycles. The molecule has 0 N–H and O–H groups in total. The van der Waals surface area contributed by atoms with E-state index in [0.717, 1.165) is 38.3 Å². The number of carbonyl (C=O) groups is 1. The molecule has 0 aliphatic carbocycles. The van der Waals surface area contributed by atoms with E-state index in [1.165, 1.54) is 6.42 Å². The number of carbonyl (C=O) groups excluding carboxylic acids is 1. The van der Waals surface area contributed by atoms with E-state index in [0.29, 0.717) is 11.6 Å². The Labute approximate surface area is 141 Å². The van der Waals surface area contributed by atoms with Gasteiger partial charge in [-0.2, -0.15) is 0 Å². The third-order valence-electron chi connectivity index (χ3n) is 4.94. The smallest absolute Gasteiger partial charge is 0.274 e. The highest BCUT2D eigenvalue weighted by Gasteiger charge is 2.37. The summed E-state index contributed by atoms with van der Waals surface area (Å²) < 4.78 is 0. The Bertz CT molecular complexity index is 693. The van der Waals surface area contributed by atoms with Crippen molar-refractivity contribution >= 4 is 5.91 Å². The molecule has 0 saturated carbocycles. The molecule has 24 heavy (non-hydrogen) atoms. The van der Waals surface area contributed by atoms with Crippen LogP contribution in [0.25, 0.3) is 0 Å². The van der Waals surface area contributed by atoms with Gasteiger partial charge in [0.1, 0.15) is 5.69 Å². The maximum absolute atomic E-state index is 12.8. The number of piperidine rings is 1. The van der Waals surface area contributed by atoms with Crippen molar-refractivity contribution in [3.63, 3.8) is 0 Å². The zero-order chi connectivity index (χ0) is 16.4. The summed E-state index contributed by atoms with van der Waals surface area (Å²) >= 11 is 0. The lowest BCUT2D eigenvalue weighted by Crippen LogP contribution is -2.47. The maximum Gasteiger partial charge on any atom is 0.274 e. The Morgan fingerprint density at radius 2 is 2.04 bits per heavy atom. The topological polar surface area (TPSA) is 62.2 Å². The minimum absolute atomic E-state index is 0.0116. The van der Waals surface area contributed by atoms with Gasteiger partial charge in [0.25, 0.3) is 5.91 Å². The van der Waals surface area contributed by atoms with Crippen LogP contribution in [0.15, 0.2) is 43.0 Å². The van der Waals surface area contributed by atoms with Gasteiger partial charge < -0.3 is 4.90 Å². The average molecular weight is 323 g/mol. The molecule has 0 unspecified atom stereocenters. The average Bonchev–Trinajstić information content (AvgIpc) is 2.93. The molecular formula is C18H21N5O. The number of hydrogen-bond donors (Lipinski definition) is 0. The monoisotopic (exact) mass is 323 g/mol. The third-order valence-corrected chi connectivity index (χ3v) is 4.94. The number of hydrogen-bond acceptors (Lipinski definition) is 5. The van der Waals surface area contributed by atoms with Gasteiger partial charge in [-0.15, -0.1) is 0 Å². The van der Waals surface area contributed by atoms with Crippen molar-refractivity contribution in [3.8, 4) is 0 Å². The number of fused-ring (bicyclic) bond motifs is 4. The van der Waals surface area contributed by atoms with Crippen LogP contribution in [0.4, 0.5) is 0 Å². The van der Waals surface area contributed by atoms with Crippen molar-refractivity contribution < 1.29 is 4.79 Å². The van der Waals surface area contributed by atoms with E-state index in [1.807, 2.05) is 23.2 Å². The van der Waals surface area contributed by atoms with Crippen LogP contribution in [-0.4, -0.2) is 56.3 Å². The second-order valence-electron chi connectivity index (χ2n) is 6.66. The first-order valence-electron chi connectivity index (χ1n) is 8.49. The highest BCUT2D eigenvalue weighted by atomic mass is 16.2. The molecule has 1 amide bonds. The van der Waals surface area contributed by atoms with Gasteiger partial charge in [-0.25, -0.2) is 4.98 Å². The molecule has 2 aromatic rings. The van der Waals surface area contributed by atoms with Gasteiger partial charge in [0, 0.05) is 50.8 Å². The summed E-state index contributed by atoms with van der Waals surface area (Å²) in [5, 5.41) is 0. The van der Waals surface area contributed by atoms with Crippen LogP contribution in [-0.2, 0) is 6.54 Å². The Balaban J connectivity index is 1.50. The number of amides is 1. The molecule has 2 atom stereocenters. The lowest BCUT2D eigenvalue weighted by atomic mass is 9.95. The summed E-state index contributed by atoms with van der Waals surface area (Å²) in [6.07, 6.45) is 8.83. The summed E-state index contributed by atoms with van der Waals surface area (Å²) in [7, 11) is 0. The minimum Gasteiger partial charge on any atom is -0.333 e. The molecule has 0 aromatic carbocycles. The minimum atomic E-state index is 0.0116. The number of aromatic nitrogens is 3. The largest absolute Gasteiger partial charge is 0.333 e. The highest BCUT2D eigenvalue weighted by Crippen LogP contribution is 2.29. The first-order chi connectivity index (χ1) is 11.8. The molecule has 3 saturated heterocycles. The normalized spacial score (nSPS) is 23.9. The quantitative estimate of drug-likeness (QED) is 0.859. The van der Waals surface area contributed by atoms with Crippen LogP contribution >= 0.6 is 0 Å². The van der Waals surface area contributed by atoms with Gasteiger partial charge in [0.2, 0.25) is 0 Å². The Kier molecular flexibility index (Phi) is 4.21. The van der Waals surface area contributed by atoms with Gasteiger partial charge in [-0.05, 0) is 30.9 Å². The summed E-state index contributed by atoms with van der Waals surface area (Å²) in [5.74, 6) is 0.533. The third kappa shape index (κ3) is 3.14. The molecule has 3 aliphatic rings. The van der Waals surface area contributed by atoms with Crippen LogP contribution < -0.4 is 0 Å². The molecule has 0 radical (unpaired) electrons. The second-order valence-corrected chi connectivity index (χ2v) is 6.66. The maximum atomic E-state index is 12.8. The molecule has 3 fully saturated rings. The number of pyridine rings is 1. The molecule has 6 heteroatoms. The Morgan fingerprint density at radius 3 is 2.83 bits per heavy atom. The van der Waals surface area contributed by atoms with Gasteiger partial charge in [0.05, 0.1) is 11.9 Å². The number of nitrogens with zero attached hydrogens (tertiary/aromatic N) is 5. The van der Waals surface area contributed by atoms with Crippen LogP contribution in [0, 0.1) is 5.92 Å². The fourth-order valence-electron chi connectivity index (χ4n) is 3.83. The lowest BCUT2D eigenvalue weighted by molar-refractivity contribution is 0.0578. The van der Waals surface area contributed by atoms with Crippen molar-refractivity contribution in [3.05, 3.63) is 54.4 Å². The van der Waals surface area contributed by atoms with E-state index >= 15 is 0 Å². The summed E-state index contributed by atoms with van der Waals surface area (Å²) in [5.41, 5.74) is 1.53. The zero-order valence-electron chi connectivity index (χ0n) is 13.6. The molecule has 5 rings (SSSR count). The molecule has 0 spiro atoms. The van der Waals surface area contributed by atoms with Gasteiger partial charge in [-0.3, -0.25) is 19.7 Å². The van der Waals surface area contributed by atoms with E-state index in [1.54, 1.807) is 18.6 Å². The van der Waals surface area contributed by atoms with Crippen molar-refractivity contribution in [2.24, 2.45) is 5.92 Å². The Hall–Kier alpha value is -2.34. The van der Waals surface area contributed by atoms with Crippen LogP contribution in [0.3, 0.4) is 0 Å². The van der Waals surface area contributed by atoms with E-state index in [2.05, 4.69) is 25.9 Å². The number of rotatable bonds is 3. The van der Waals surface area contributed by atoms with Crippen molar-refractivity contribution in [1.29, 1.82) is 0 Å². The predicted octanol–water partition coefficient (Wildman–Crippen LogP) is 1.61. The van der Waals surface area contributed by atoms with Crippen LogP contribution in [0.2, 0.25) is 0 Å². The Morgan fingerprint density at radius 1 is 1.08 bits per heavy atom. The van der Waals surface area contributed by atoms with Crippen LogP contribution in [0.5, 0.6) is 0 Å². The van der Waals surface area contributed by atoms with Crippen molar-refractivity contribution in [2.75, 3.05) is 19.6 Å². The van der Waals surface area contributed by atoms with Gasteiger partial charge >= 0.3 is 0 Å². The molecule has 3 aliphatic heterocycles. The highest BCUT2D eigenvalue weighted by molar-refractivity contribution is 5.92. The second kappa shape index (κ2) is 6.65. The molecule has 124 valence electrons. The summed E-state index contributed by atoms with van der Waals surface area (Å²) in [6, 6.07) is 6.28. The predicted molar refractivity (Wildman–Crippen MR) is 89.1 cm³/mol. The van der Waals surface area contributed by atoms with Crippen LogP contribution in [0.1, 0.15) is 29.0 Å². The van der Waals surface area contributed by atoms with E-state index in [9.17, 15) is 4.79 Å². The summed E-state index contributed by atoms with van der Waals surface area (Å²) in [6.45, 7) is 3.59. The first-order valence-corrected chi connectivity index (χ1v) is 8.49. The van der Waals surface area contributed by atoms with Crippen molar-refractivity contribution in [1.82, 2.24) is 24.8 Å². The molecule has 6 nitrogen and oxygen atoms in total. The first kappa shape index (κ1) is 15.2. The lowest BCUT2D eigenvalue weighted by Gasteiger charge is -2.36. The fraction of sp³-hybridized carbons (Fsp3) is 0.444. The molecular weight excluding hydrogens is 302 g/mol. The zero-order valence-corrected chi connectivity index (χ0v) is 13.6. The SMILES string of the molecule is O=C(c1cnccn1)N1C[C@H]2CC[C@@H]1CN(Cc1ccccn1)C2. The fourth-order valence-corrected chi connectivity index (χ4v) is 3.83. The van der Waals surface area contributed by atoms with Crippen molar-refractivity contribution in [2.45, 2.75) is 25.4 Å². The van der Waals surface area contributed by atoms with E-state index in [4.69, 9.17) is 0 Å². The summed E-state index contributed by atoms with van der Waals surface area (Å²) in [4.78, 5) is 29.9. The van der Waals surface area contributed by atoms with Gasteiger partial charge in [0.15, 0.2) is 0 Å². The molecule has 5 heterocycles.